The number of nitrogens with zero attached hydrogens (tertiary/aromatic N) is 2. The lowest BCUT2D eigenvalue weighted by atomic mass is 10.1. The van der Waals surface area contributed by atoms with Crippen molar-refractivity contribution >= 4 is 45.9 Å². The number of halogens is 1. The van der Waals surface area contributed by atoms with Crippen molar-refractivity contribution in [1.82, 2.24) is 10.3 Å². The van der Waals surface area contributed by atoms with E-state index in [2.05, 4.69) is 22.2 Å². The van der Waals surface area contributed by atoms with Crippen molar-refractivity contribution in [2.45, 2.75) is 44.6 Å². The molecular weight excluding hydrogens is 484 g/mol. The number of allylic oxidation sites excluding steroid dienone is 1. The summed E-state index contributed by atoms with van der Waals surface area (Å²) in [5.41, 5.74) is 7.51. The van der Waals surface area contributed by atoms with Crippen LogP contribution in [0.4, 0.5) is 0 Å². The number of fused-ring (bicyclic) bond motifs is 1. The number of aromatic nitrogens is 1. The van der Waals surface area contributed by atoms with Crippen molar-refractivity contribution in [2.75, 3.05) is 6.26 Å². The van der Waals surface area contributed by atoms with Crippen LogP contribution in [0.25, 0.3) is 10.9 Å². The van der Waals surface area contributed by atoms with Crippen molar-refractivity contribution in [2.24, 2.45) is 10.7 Å². The van der Waals surface area contributed by atoms with Crippen molar-refractivity contribution in [3.05, 3.63) is 71.1 Å². The zero-order valence-corrected chi connectivity index (χ0v) is 22.1. The Kier molecular flexibility index (Phi) is 10.4. The molecule has 0 fully saturated rings. The van der Waals surface area contributed by atoms with Gasteiger partial charge in [0, 0.05) is 45.9 Å². The highest BCUT2D eigenvalue weighted by atomic mass is 35.5. The second-order valence-corrected chi connectivity index (χ2v) is 10.3. The van der Waals surface area contributed by atoms with Gasteiger partial charge in [0.1, 0.15) is 11.5 Å². The first-order chi connectivity index (χ1) is 16.6. The molecule has 1 unspecified atom stereocenters. The molecular formula is C26H31ClN4O3S. The van der Waals surface area contributed by atoms with Crippen LogP contribution in [0.3, 0.4) is 0 Å². The van der Waals surface area contributed by atoms with Crippen molar-refractivity contribution < 1.29 is 13.7 Å². The highest BCUT2D eigenvalue weighted by Crippen LogP contribution is 2.34. The molecule has 0 aliphatic heterocycles. The molecule has 0 spiro atoms. The van der Waals surface area contributed by atoms with Gasteiger partial charge in [-0.05, 0) is 69.2 Å². The SMILES string of the molecule is CC(C)(C)N=C/C(=C\N)NC=O.CCc1ccc(Oc2ccnc3ccc(S(C)=O)cc23)c(Cl)c1. The first kappa shape index (κ1) is 28.0. The maximum atomic E-state index is 11.7. The lowest BCUT2D eigenvalue weighted by Crippen LogP contribution is -2.16. The van der Waals surface area contributed by atoms with Gasteiger partial charge in [-0.15, -0.1) is 0 Å². The van der Waals surface area contributed by atoms with Crippen molar-refractivity contribution in [3.8, 4) is 11.5 Å². The van der Waals surface area contributed by atoms with Gasteiger partial charge in [0.25, 0.3) is 0 Å². The van der Waals surface area contributed by atoms with Gasteiger partial charge in [0.05, 0.1) is 21.8 Å². The van der Waals surface area contributed by atoms with Crippen LogP contribution in [0.15, 0.2) is 70.4 Å². The van der Waals surface area contributed by atoms with Gasteiger partial charge in [-0.2, -0.15) is 0 Å². The fourth-order valence-corrected chi connectivity index (χ4v) is 3.58. The molecule has 1 aromatic heterocycles. The molecule has 186 valence electrons. The number of aliphatic imine (C=N–C) groups is 1. The van der Waals surface area contributed by atoms with E-state index in [0.29, 0.717) is 28.6 Å². The molecule has 0 radical (unpaired) electrons. The number of carbonyl (C=O) groups excluding carboxylic acids is 1. The number of pyridine rings is 1. The Labute approximate surface area is 213 Å². The third-order valence-corrected chi connectivity index (χ3v) is 5.84. The van der Waals surface area contributed by atoms with E-state index in [-0.39, 0.29) is 5.54 Å². The number of aryl methyl sites for hydroxylation is 1. The topological polar surface area (TPSA) is 107 Å². The first-order valence-electron chi connectivity index (χ1n) is 10.9. The van der Waals surface area contributed by atoms with Crippen LogP contribution in [0.5, 0.6) is 11.5 Å². The van der Waals surface area contributed by atoms with E-state index in [9.17, 15) is 9.00 Å². The molecule has 3 N–H and O–H groups in total. The van der Waals surface area contributed by atoms with Crippen molar-refractivity contribution in [1.29, 1.82) is 0 Å². The molecule has 0 saturated carbocycles. The van der Waals surface area contributed by atoms with E-state index < -0.39 is 10.8 Å². The van der Waals surface area contributed by atoms with E-state index in [1.807, 2.05) is 57.2 Å². The molecule has 0 aliphatic carbocycles. The Bertz CT molecular complexity index is 1250. The number of amides is 1. The monoisotopic (exact) mass is 514 g/mol. The molecule has 0 saturated heterocycles. The molecule has 1 atom stereocenters. The van der Waals surface area contributed by atoms with Gasteiger partial charge >= 0.3 is 0 Å². The Morgan fingerprint density at radius 3 is 2.51 bits per heavy atom. The summed E-state index contributed by atoms with van der Waals surface area (Å²) in [5, 5.41) is 3.80. The molecule has 1 amide bonds. The smallest absolute Gasteiger partial charge is 0.211 e. The lowest BCUT2D eigenvalue weighted by molar-refractivity contribution is -0.108. The lowest BCUT2D eigenvalue weighted by Gasteiger charge is -2.11. The average molecular weight is 515 g/mol. The van der Waals surface area contributed by atoms with Gasteiger partial charge < -0.3 is 15.8 Å². The van der Waals surface area contributed by atoms with Gasteiger partial charge in [0.15, 0.2) is 0 Å². The van der Waals surface area contributed by atoms with Gasteiger partial charge in [-0.3, -0.25) is 19.0 Å². The minimum absolute atomic E-state index is 0.154. The third-order valence-electron chi connectivity index (χ3n) is 4.63. The number of nitrogens with two attached hydrogens (primary N) is 1. The Morgan fingerprint density at radius 1 is 1.20 bits per heavy atom. The molecule has 0 aliphatic rings. The molecule has 0 bridgehead atoms. The number of carbonyl (C=O) groups is 1. The summed E-state index contributed by atoms with van der Waals surface area (Å²) in [6, 6.07) is 13.1. The normalized spacial score (nSPS) is 12.7. The number of nitrogens with one attached hydrogen (secondary N) is 1. The predicted octanol–water partition coefficient (Wildman–Crippen LogP) is 5.38. The summed E-state index contributed by atoms with van der Waals surface area (Å²) in [6.45, 7) is 7.95. The fraction of sp³-hybridized carbons (Fsp3) is 0.269. The summed E-state index contributed by atoms with van der Waals surface area (Å²) in [7, 11) is -1.06. The van der Waals surface area contributed by atoms with Crippen molar-refractivity contribution in [3.63, 3.8) is 0 Å². The second-order valence-electron chi connectivity index (χ2n) is 8.48. The van der Waals surface area contributed by atoms with Gasteiger partial charge in [-0.25, -0.2) is 0 Å². The largest absolute Gasteiger partial charge is 0.455 e. The minimum Gasteiger partial charge on any atom is -0.455 e. The van der Waals surface area contributed by atoms with Crippen LogP contribution in [0.1, 0.15) is 33.3 Å². The molecule has 7 nitrogen and oxygen atoms in total. The molecule has 3 rings (SSSR count). The number of ether oxygens (including phenoxy) is 1. The van der Waals surface area contributed by atoms with E-state index in [1.165, 1.54) is 12.4 Å². The molecule has 1 heterocycles. The molecule has 35 heavy (non-hydrogen) atoms. The van der Waals surface area contributed by atoms with Crippen LogP contribution >= 0.6 is 11.6 Å². The summed E-state index contributed by atoms with van der Waals surface area (Å²) >= 11 is 6.30. The minimum atomic E-state index is -1.06. The predicted molar refractivity (Wildman–Crippen MR) is 145 cm³/mol. The number of hydrogen-bond donors (Lipinski definition) is 2. The summed E-state index contributed by atoms with van der Waals surface area (Å²) in [4.78, 5) is 19.2. The highest BCUT2D eigenvalue weighted by molar-refractivity contribution is 7.84. The van der Waals surface area contributed by atoms with Crippen LogP contribution in [-0.4, -0.2) is 33.6 Å². The summed E-state index contributed by atoms with van der Waals surface area (Å²) in [6.07, 6.45) is 7.66. The standard InChI is InChI=1S/C18H16ClNO2S.C8H15N3O/c1-3-12-4-7-18(15(19)10-12)22-17-8-9-20-16-6-5-13(23(2)21)11-14(16)17;1-8(2,3)11-5-7(4-9)10-6-12/h4-11H,3H2,1-2H3;4-6H,9H2,1-3H3,(H,10,12)/b;7-4+,11-5?. The maximum Gasteiger partial charge on any atom is 0.211 e. The first-order valence-corrected chi connectivity index (χ1v) is 12.9. The maximum absolute atomic E-state index is 11.7. The van der Waals surface area contributed by atoms with E-state index in [0.717, 1.165) is 27.8 Å². The zero-order valence-electron chi connectivity index (χ0n) is 20.5. The Hall–Kier alpha value is -3.23. The van der Waals surface area contributed by atoms with Gasteiger partial charge in [-0.1, -0.05) is 24.6 Å². The Morgan fingerprint density at radius 2 is 1.94 bits per heavy atom. The highest BCUT2D eigenvalue weighted by Gasteiger charge is 2.10. The third kappa shape index (κ3) is 8.81. The molecule has 3 aromatic rings. The zero-order chi connectivity index (χ0) is 26.0. The Balaban J connectivity index is 0.000000307. The van der Waals surface area contributed by atoms with Crippen LogP contribution < -0.4 is 15.8 Å². The van der Waals surface area contributed by atoms with Gasteiger partial charge in [0.2, 0.25) is 6.41 Å². The summed E-state index contributed by atoms with van der Waals surface area (Å²) in [5.74, 6) is 1.24. The van der Waals surface area contributed by atoms with E-state index in [1.54, 1.807) is 18.5 Å². The number of benzene rings is 2. The number of hydrogen-bond acceptors (Lipinski definition) is 6. The van der Waals surface area contributed by atoms with Crippen LogP contribution in [0.2, 0.25) is 5.02 Å². The molecule has 9 heteroatoms. The van der Waals surface area contributed by atoms with E-state index >= 15 is 0 Å². The van der Waals surface area contributed by atoms with E-state index in [4.69, 9.17) is 22.1 Å². The molecule has 2 aromatic carbocycles. The number of rotatable bonds is 7. The van der Waals surface area contributed by atoms with Crippen LogP contribution in [0, 0.1) is 0 Å². The second kappa shape index (κ2) is 13.0. The fourth-order valence-electron chi connectivity index (χ4n) is 2.79. The van der Waals surface area contributed by atoms with Crippen LogP contribution in [-0.2, 0) is 22.0 Å². The summed E-state index contributed by atoms with van der Waals surface area (Å²) < 4.78 is 17.7. The average Bonchev–Trinajstić information content (AvgIpc) is 2.82. The quantitative estimate of drug-likeness (QED) is 0.325.